The number of aromatic nitrogens is 2. The third-order valence-corrected chi connectivity index (χ3v) is 7.33. The zero-order valence-electron chi connectivity index (χ0n) is 19.3. The van der Waals surface area contributed by atoms with Crippen LogP contribution in [-0.2, 0) is 20.9 Å². The Bertz CT molecular complexity index is 1280. The fourth-order valence-electron chi connectivity index (χ4n) is 3.52. The molecule has 0 aliphatic heterocycles. The summed E-state index contributed by atoms with van der Waals surface area (Å²) in [7, 11) is -4.11. The van der Waals surface area contributed by atoms with E-state index in [1.165, 1.54) is 23.9 Å². The van der Waals surface area contributed by atoms with Crippen LogP contribution in [0.15, 0.2) is 42.9 Å². The van der Waals surface area contributed by atoms with Crippen LogP contribution in [0.5, 0.6) is 0 Å². The van der Waals surface area contributed by atoms with Crippen molar-refractivity contribution < 1.29 is 22.5 Å². The van der Waals surface area contributed by atoms with Gasteiger partial charge in [0.15, 0.2) is 0 Å². The first-order valence-corrected chi connectivity index (χ1v) is 13.5. The summed E-state index contributed by atoms with van der Waals surface area (Å²) >= 11 is 7.49. The van der Waals surface area contributed by atoms with E-state index < -0.39 is 22.3 Å². The number of thiophene rings is 1. The van der Waals surface area contributed by atoms with E-state index in [9.17, 15) is 18.3 Å². The number of aryl methyl sites for hydroxylation is 1. The quantitative estimate of drug-likeness (QED) is 0.298. The Morgan fingerprint density at radius 2 is 2.11 bits per heavy atom. The van der Waals surface area contributed by atoms with Crippen molar-refractivity contribution in [2.75, 3.05) is 18.5 Å². The summed E-state index contributed by atoms with van der Waals surface area (Å²) in [6.07, 6.45) is 2.88. The lowest BCUT2D eigenvalue weighted by Gasteiger charge is -2.21. The van der Waals surface area contributed by atoms with Crippen molar-refractivity contribution in [1.29, 1.82) is 0 Å². The second kappa shape index (κ2) is 12.0. The molecule has 2 aromatic heterocycles. The Morgan fingerprint density at radius 3 is 2.80 bits per heavy atom. The summed E-state index contributed by atoms with van der Waals surface area (Å²) in [5.74, 6) is -0.446. The van der Waals surface area contributed by atoms with Gasteiger partial charge < -0.3 is 10.4 Å². The van der Waals surface area contributed by atoms with Crippen LogP contribution in [0.1, 0.15) is 44.6 Å². The van der Waals surface area contributed by atoms with E-state index >= 15 is 0 Å². The maximum atomic E-state index is 13.4. The zero-order chi connectivity index (χ0) is 25.6. The van der Waals surface area contributed by atoms with Crippen LogP contribution in [-0.4, -0.2) is 48.5 Å². The van der Waals surface area contributed by atoms with Crippen LogP contribution in [0.4, 0.5) is 5.82 Å². The Kier molecular flexibility index (Phi) is 9.34. The van der Waals surface area contributed by atoms with Crippen LogP contribution < -0.4 is 10.5 Å². The average Bonchev–Trinajstić information content (AvgIpc) is 3.16. The molecule has 4 N–H and O–H groups in total. The summed E-state index contributed by atoms with van der Waals surface area (Å²) in [6, 6.07) is 9.57. The molecule has 2 heterocycles. The van der Waals surface area contributed by atoms with Gasteiger partial charge in [-0.2, -0.15) is 8.42 Å². The van der Waals surface area contributed by atoms with Gasteiger partial charge in [0.25, 0.3) is 0 Å². The predicted octanol–water partition coefficient (Wildman–Crippen LogP) is 3.34. The molecule has 188 valence electrons. The molecule has 1 aromatic carbocycles. The van der Waals surface area contributed by atoms with Gasteiger partial charge in [-0.25, -0.2) is 15.1 Å². The fourth-order valence-corrected chi connectivity index (χ4v) is 5.26. The van der Waals surface area contributed by atoms with Crippen LogP contribution in [0.25, 0.3) is 0 Å². The lowest BCUT2D eigenvalue weighted by atomic mass is 10.0. The van der Waals surface area contributed by atoms with E-state index in [0.717, 1.165) is 16.0 Å². The molecule has 0 radical (unpaired) electrons. The molecule has 0 amide bonds. The summed E-state index contributed by atoms with van der Waals surface area (Å²) < 4.78 is 26.7. The van der Waals surface area contributed by atoms with E-state index in [-0.39, 0.29) is 30.3 Å². The monoisotopic (exact) mass is 538 g/mol. The number of aliphatic hydroxyl groups excluding tert-OH is 1. The standard InChI is InChI=1S/C23H27ClN4O5S2/c1-3-16(12-33-35(25,31)32)20(29)11-27-23-19(10-26-13-28-23)21(30)22-14(2)7-18(34-22)9-15-5-4-6-17(24)8-15/h4-8,10,13,16,20,29H,3,9,11-12H2,1-2H3,(H2,25,31,32)(H,26,27,28)/t16-,20+/m1/s1. The van der Waals surface area contributed by atoms with Crippen LogP contribution in [0, 0.1) is 12.8 Å². The minimum absolute atomic E-state index is 0.0210. The molecule has 0 saturated carbocycles. The van der Waals surface area contributed by atoms with Crippen LogP contribution in [0.3, 0.4) is 0 Å². The van der Waals surface area contributed by atoms with Crippen molar-refractivity contribution in [3.63, 3.8) is 0 Å². The first kappa shape index (κ1) is 27.2. The first-order valence-electron chi connectivity index (χ1n) is 10.8. The topological polar surface area (TPSA) is 144 Å². The minimum atomic E-state index is -4.11. The lowest BCUT2D eigenvalue weighted by Crippen LogP contribution is -2.33. The normalized spacial score (nSPS) is 13.4. The van der Waals surface area contributed by atoms with Crippen molar-refractivity contribution in [3.8, 4) is 0 Å². The van der Waals surface area contributed by atoms with Gasteiger partial charge in [-0.1, -0.05) is 30.7 Å². The summed E-state index contributed by atoms with van der Waals surface area (Å²) in [4.78, 5) is 23.1. The maximum absolute atomic E-state index is 13.4. The number of ketones is 1. The summed E-state index contributed by atoms with van der Waals surface area (Å²) in [6.45, 7) is 3.44. The molecule has 9 nitrogen and oxygen atoms in total. The Hall–Kier alpha value is -2.41. The first-order chi connectivity index (χ1) is 16.6. The SMILES string of the molecule is CC[C@H](COS(N)(=O)=O)[C@@H](O)CNc1ncncc1C(=O)c1sc(Cc2cccc(Cl)c2)cc1C. The fraction of sp³-hybridized carbons (Fsp3) is 0.348. The molecule has 12 heteroatoms. The molecule has 0 aliphatic carbocycles. The number of rotatable bonds is 12. The molecular weight excluding hydrogens is 512 g/mol. The number of benzene rings is 1. The van der Waals surface area contributed by atoms with Gasteiger partial charge in [0.2, 0.25) is 5.78 Å². The predicted molar refractivity (Wildman–Crippen MR) is 136 cm³/mol. The van der Waals surface area contributed by atoms with Crippen molar-refractivity contribution in [2.24, 2.45) is 11.1 Å². The van der Waals surface area contributed by atoms with Gasteiger partial charge in [-0.15, -0.1) is 11.3 Å². The van der Waals surface area contributed by atoms with Gasteiger partial charge in [0, 0.05) is 35.0 Å². The van der Waals surface area contributed by atoms with Gasteiger partial charge in [-0.3, -0.25) is 8.98 Å². The number of anilines is 1. The Balaban J connectivity index is 1.73. The second-order valence-corrected chi connectivity index (χ2v) is 10.8. The number of carbonyl (C=O) groups is 1. The van der Waals surface area contributed by atoms with Crippen LogP contribution in [0.2, 0.25) is 5.02 Å². The van der Waals surface area contributed by atoms with E-state index in [2.05, 4.69) is 19.5 Å². The molecule has 0 spiro atoms. The number of nitrogens with two attached hydrogens (primary N) is 1. The highest BCUT2D eigenvalue weighted by atomic mass is 35.5. The Morgan fingerprint density at radius 1 is 1.34 bits per heavy atom. The molecule has 0 unspecified atom stereocenters. The number of hydrogen-bond donors (Lipinski definition) is 3. The third-order valence-electron chi connectivity index (χ3n) is 5.39. The van der Waals surface area contributed by atoms with Gasteiger partial charge in [0.1, 0.15) is 12.1 Å². The lowest BCUT2D eigenvalue weighted by molar-refractivity contribution is 0.0839. The number of aliphatic hydroxyl groups is 1. The number of nitrogens with zero attached hydrogens (tertiary/aromatic N) is 2. The highest BCUT2D eigenvalue weighted by Gasteiger charge is 2.23. The number of hydrogen-bond acceptors (Lipinski definition) is 9. The maximum Gasteiger partial charge on any atom is 0.333 e. The minimum Gasteiger partial charge on any atom is -0.391 e. The van der Waals surface area contributed by atoms with Gasteiger partial charge in [0.05, 0.1) is 23.2 Å². The molecule has 3 rings (SSSR count). The van der Waals surface area contributed by atoms with Crippen molar-refractivity contribution >= 4 is 44.8 Å². The highest BCUT2D eigenvalue weighted by Crippen LogP contribution is 2.29. The molecule has 2 atom stereocenters. The number of carbonyl (C=O) groups excluding carboxylic acids is 1. The van der Waals surface area contributed by atoms with E-state index in [1.54, 1.807) is 6.92 Å². The van der Waals surface area contributed by atoms with Crippen molar-refractivity contribution in [2.45, 2.75) is 32.8 Å². The van der Waals surface area contributed by atoms with E-state index in [0.29, 0.717) is 22.7 Å². The molecule has 0 aliphatic rings. The summed E-state index contributed by atoms with van der Waals surface area (Å²) in [5, 5.41) is 19.0. The van der Waals surface area contributed by atoms with E-state index in [1.807, 2.05) is 37.3 Å². The van der Waals surface area contributed by atoms with Gasteiger partial charge >= 0.3 is 10.3 Å². The molecule has 3 aromatic rings. The van der Waals surface area contributed by atoms with Crippen LogP contribution >= 0.6 is 22.9 Å². The molecule has 0 bridgehead atoms. The molecule has 35 heavy (non-hydrogen) atoms. The molecular formula is C23H27ClN4O5S2. The highest BCUT2D eigenvalue weighted by molar-refractivity contribution is 7.84. The number of halogens is 1. The molecule has 0 saturated heterocycles. The average molecular weight is 539 g/mol. The van der Waals surface area contributed by atoms with Crippen molar-refractivity contribution in [1.82, 2.24) is 9.97 Å². The summed E-state index contributed by atoms with van der Waals surface area (Å²) in [5.41, 5.74) is 2.17. The Labute approximate surface area is 213 Å². The van der Waals surface area contributed by atoms with E-state index in [4.69, 9.17) is 16.7 Å². The van der Waals surface area contributed by atoms with Gasteiger partial charge in [-0.05, 0) is 42.7 Å². The molecule has 0 fully saturated rings. The second-order valence-electron chi connectivity index (χ2n) is 8.04. The number of nitrogens with one attached hydrogen (secondary N) is 1. The largest absolute Gasteiger partial charge is 0.391 e. The van der Waals surface area contributed by atoms with Crippen molar-refractivity contribution in [3.05, 3.63) is 74.3 Å². The third kappa shape index (κ3) is 7.79. The smallest absolute Gasteiger partial charge is 0.333 e. The zero-order valence-corrected chi connectivity index (χ0v) is 21.7.